The highest BCUT2D eigenvalue weighted by molar-refractivity contribution is 4.90. The first kappa shape index (κ1) is 20.1. The SMILES string of the molecule is O=c1ccn([C@H]2C[C@H](O)[C@@H](CO[C@@H]3O[C@H](CO)[C@H](O)[C@H](O)[C@H]3O)O2)c(=O)[nH]1. The van der Waals surface area contributed by atoms with Crippen LogP contribution in [0.25, 0.3) is 0 Å². The van der Waals surface area contributed by atoms with E-state index in [4.69, 9.17) is 19.3 Å². The van der Waals surface area contributed by atoms with Gasteiger partial charge in [-0.2, -0.15) is 0 Å². The zero-order valence-electron chi connectivity index (χ0n) is 14.1. The van der Waals surface area contributed by atoms with Gasteiger partial charge in [-0.3, -0.25) is 14.3 Å². The first-order valence-corrected chi connectivity index (χ1v) is 8.39. The average molecular weight is 390 g/mol. The van der Waals surface area contributed by atoms with Crippen molar-refractivity contribution in [2.45, 2.75) is 55.6 Å². The molecule has 2 aliphatic heterocycles. The second-order valence-corrected chi connectivity index (χ2v) is 6.48. The largest absolute Gasteiger partial charge is 0.394 e. The van der Waals surface area contributed by atoms with Crippen molar-refractivity contribution < 1.29 is 39.7 Å². The van der Waals surface area contributed by atoms with E-state index >= 15 is 0 Å². The predicted octanol–water partition coefficient (Wildman–Crippen LogP) is -4.00. The smallest absolute Gasteiger partial charge is 0.330 e. The molecule has 0 aliphatic carbocycles. The molecule has 0 aromatic carbocycles. The van der Waals surface area contributed by atoms with E-state index in [0.717, 1.165) is 10.6 Å². The van der Waals surface area contributed by atoms with Crippen LogP contribution in [0.4, 0.5) is 0 Å². The van der Waals surface area contributed by atoms with Crippen LogP contribution >= 0.6 is 0 Å². The summed E-state index contributed by atoms with van der Waals surface area (Å²) in [6, 6.07) is 1.15. The number of aliphatic hydroxyl groups excluding tert-OH is 5. The van der Waals surface area contributed by atoms with Crippen LogP contribution in [0.15, 0.2) is 21.9 Å². The maximum absolute atomic E-state index is 11.8. The summed E-state index contributed by atoms with van der Waals surface area (Å²) in [4.78, 5) is 25.0. The molecule has 12 heteroatoms. The van der Waals surface area contributed by atoms with E-state index in [9.17, 15) is 30.0 Å². The van der Waals surface area contributed by atoms with E-state index in [-0.39, 0.29) is 13.0 Å². The molecule has 12 nitrogen and oxygen atoms in total. The van der Waals surface area contributed by atoms with Gasteiger partial charge in [-0.05, 0) is 0 Å². The fourth-order valence-electron chi connectivity index (χ4n) is 3.08. The molecule has 6 N–H and O–H groups in total. The van der Waals surface area contributed by atoms with Gasteiger partial charge in [0.15, 0.2) is 6.29 Å². The summed E-state index contributed by atoms with van der Waals surface area (Å²) in [5.41, 5.74) is -1.24. The quantitative estimate of drug-likeness (QED) is 0.290. The van der Waals surface area contributed by atoms with Gasteiger partial charge < -0.3 is 39.7 Å². The van der Waals surface area contributed by atoms with Crippen LogP contribution < -0.4 is 11.2 Å². The van der Waals surface area contributed by atoms with Gasteiger partial charge in [-0.1, -0.05) is 0 Å². The number of aromatic amines is 1. The van der Waals surface area contributed by atoms with E-state index in [2.05, 4.69) is 4.98 Å². The number of ether oxygens (including phenoxy) is 3. The highest BCUT2D eigenvalue weighted by Gasteiger charge is 2.45. The van der Waals surface area contributed by atoms with Gasteiger partial charge in [0.25, 0.3) is 5.56 Å². The summed E-state index contributed by atoms with van der Waals surface area (Å²) in [6.45, 7) is -0.844. The van der Waals surface area contributed by atoms with Gasteiger partial charge in [0.1, 0.15) is 36.7 Å². The van der Waals surface area contributed by atoms with Gasteiger partial charge in [-0.15, -0.1) is 0 Å². The third-order valence-electron chi connectivity index (χ3n) is 4.64. The Morgan fingerprint density at radius 3 is 2.52 bits per heavy atom. The number of H-pyrrole nitrogens is 1. The zero-order chi connectivity index (χ0) is 19.7. The zero-order valence-corrected chi connectivity index (χ0v) is 14.1. The molecule has 3 rings (SSSR count). The van der Waals surface area contributed by atoms with Gasteiger partial charge in [0.05, 0.1) is 19.3 Å². The molecule has 2 aliphatic rings. The van der Waals surface area contributed by atoms with Crippen molar-refractivity contribution in [1.82, 2.24) is 9.55 Å². The van der Waals surface area contributed by atoms with E-state index in [1.807, 2.05) is 0 Å². The number of aliphatic hydroxyl groups is 5. The average Bonchev–Trinajstić information content (AvgIpc) is 2.99. The Morgan fingerprint density at radius 1 is 1.11 bits per heavy atom. The molecule has 0 bridgehead atoms. The minimum Gasteiger partial charge on any atom is -0.394 e. The molecule has 0 radical (unpaired) electrons. The highest BCUT2D eigenvalue weighted by atomic mass is 16.7. The second-order valence-electron chi connectivity index (χ2n) is 6.48. The number of aromatic nitrogens is 2. The van der Waals surface area contributed by atoms with Crippen molar-refractivity contribution >= 4 is 0 Å². The van der Waals surface area contributed by atoms with Gasteiger partial charge in [0.2, 0.25) is 0 Å². The van der Waals surface area contributed by atoms with Crippen LogP contribution in [0.3, 0.4) is 0 Å². The van der Waals surface area contributed by atoms with Crippen LogP contribution in [0, 0.1) is 0 Å². The molecule has 0 saturated carbocycles. The van der Waals surface area contributed by atoms with Gasteiger partial charge in [0, 0.05) is 18.7 Å². The van der Waals surface area contributed by atoms with E-state index < -0.39 is 67.0 Å². The standard InChI is InChI=1S/C15H22N2O10/c18-4-7-11(21)12(22)13(23)14(27-7)25-5-8-6(19)3-10(26-8)17-2-1-9(20)16-15(17)24/h1-2,6-8,10-14,18-19,21-23H,3-5H2,(H,16,20,24)/t6-,7+,8+,10+,11-,12-,13+,14+/m0/s1. The van der Waals surface area contributed by atoms with Crippen LogP contribution in [0.5, 0.6) is 0 Å². The first-order valence-electron chi connectivity index (χ1n) is 8.39. The van der Waals surface area contributed by atoms with Crippen LogP contribution in [-0.2, 0) is 14.2 Å². The summed E-state index contributed by atoms with van der Waals surface area (Å²) in [5, 5.41) is 48.7. The van der Waals surface area contributed by atoms with E-state index in [1.165, 1.54) is 6.20 Å². The monoisotopic (exact) mass is 390 g/mol. The number of rotatable bonds is 5. The Balaban J connectivity index is 1.61. The third-order valence-corrected chi connectivity index (χ3v) is 4.64. The molecule has 152 valence electrons. The Hall–Kier alpha value is -1.64. The lowest BCUT2D eigenvalue weighted by molar-refractivity contribution is -0.306. The molecule has 1 aromatic rings. The molecule has 2 saturated heterocycles. The van der Waals surface area contributed by atoms with Crippen molar-refractivity contribution in [2.75, 3.05) is 13.2 Å². The van der Waals surface area contributed by atoms with Crippen molar-refractivity contribution in [3.05, 3.63) is 33.1 Å². The Labute approximate surface area is 152 Å². The number of nitrogens with one attached hydrogen (secondary N) is 1. The minimum absolute atomic E-state index is 0.0641. The van der Waals surface area contributed by atoms with Crippen molar-refractivity contribution in [1.29, 1.82) is 0 Å². The Kier molecular flexibility index (Phi) is 6.08. The fraction of sp³-hybridized carbons (Fsp3) is 0.733. The summed E-state index contributed by atoms with van der Waals surface area (Å²) in [6.07, 6.45) is -8.51. The van der Waals surface area contributed by atoms with Gasteiger partial charge >= 0.3 is 5.69 Å². The maximum Gasteiger partial charge on any atom is 0.330 e. The summed E-state index contributed by atoms with van der Waals surface area (Å²) < 4.78 is 17.3. The molecule has 2 fully saturated rings. The molecule has 3 heterocycles. The van der Waals surface area contributed by atoms with Gasteiger partial charge in [-0.25, -0.2) is 4.79 Å². The lowest BCUT2D eigenvalue weighted by Crippen LogP contribution is -2.59. The topological polar surface area (TPSA) is 184 Å². The predicted molar refractivity (Wildman–Crippen MR) is 85.6 cm³/mol. The molecule has 0 unspecified atom stereocenters. The Bertz CT molecular complexity index is 749. The number of hydrogen-bond acceptors (Lipinski definition) is 10. The fourth-order valence-corrected chi connectivity index (χ4v) is 3.08. The molecule has 1 aromatic heterocycles. The lowest BCUT2D eigenvalue weighted by Gasteiger charge is -2.39. The van der Waals surface area contributed by atoms with Crippen molar-refractivity contribution in [3.8, 4) is 0 Å². The maximum atomic E-state index is 11.8. The molecular weight excluding hydrogens is 368 g/mol. The van der Waals surface area contributed by atoms with Crippen LogP contribution in [-0.4, -0.2) is 91.2 Å². The third kappa shape index (κ3) is 4.12. The second kappa shape index (κ2) is 8.16. The highest BCUT2D eigenvalue weighted by Crippen LogP contribution is 2.29. The molecule has 27 heavy (non-hydrogen) atoms. The summed E-state index contributed by atoms with van der Waals surface area (Å²) in [7, 11) is 0. The molecule has 0 amide bonds. The van der Waals surface area contributed by atoms with Crippen LogP contribution in [0.1, 0.15) is 12.6 Å². The molecule has 0 spiro atoms. The molecule has 8 atom stereocenters. The first-order chi connectivity index (χ1) is 12.8. The van der Waals surface area contributed by atoms with Crippen molar-refractivity contribution in [2.24, 2.45) is 0 Å². The number of hydrogen-bond donors (Lipinski definition) is 6. The lowest BCUT2D eigenvalue weighted by atomic mass is 9.99. The normalized spacial score (nSPS) is 39.6. The van der Waals surface area contributed by atoms with E-state index in [1.54, 1.807) is 0 Å². The molecular formula is C15H22N2O10. The van der Waals surface area contributed by atoms with Crippen LogP contribution in [0.2, 0.25) is 0 Å². The summed E-state index contributed by atoms with van der Waals surface area (Å²) in [5.74, 6) is 0. The number of nitrogens with zero attached hydrogens (tertiary/aromatic N) is 1. The van der Waals surface area contributed by atoms with Crippen molar-refractivity contribution in [3.63, 3.8) is 0 Å². The van der Waals surface area contributed by atoms with E-state index in [0.29, 0.717) is 0 Å². The summed E-state index contributed by atoms with van der Waals surface area (Å²) >= 11 is 0. The Morgan fingerprint density at radius 2 is 1.85 bits per heavy atom. The minimum atomic E-state index is -1.58.